The fourth-order valence-corrected chi connectivity index (χ4v) is 3.37. The standard InChI is InChI=1S/C16H15FN4O2/c1-16-7-4-8-19(16)15(23)21(14(16)22)11-9-18-20(10-11)13-6-3-2-5-12(13)17/h2-3,5-6,9-10H,4,7-8H2,1H3/t16-/m0/s1. The van der Waals surface area contributed by atoms with E-state index in [0.29, 0.717) is 18.7 Å². The van der Waals surface area contributed by atoms with Gasteiger partial charge in [0.25, 0.3) is 5.91 Å². The summed E-state index contributed by atoms with van der Waals surface area (Å²) in [7, 11) is 0. The van der Waals surface area contributed by atoms with Gasteiger partial charge in [-0.2, -0.15) is 5.10 Å². The highest BCUT2D eigenvalue weighted by Crippen LogP contribution is 2.39. The number of hydrogen-bond donors (Lipinski definition) is 0. The number of rotatable bonds is 2. The average Bonchev–Trinajstić information content (AvgIpc) is 3.19. The normalized spacial score (nSPS) is 23.7. The molecule has 7 heteroatoms. The predicted molar refractivity (Wildman–Crippen MR) is 80.7 cm³/mol. The number of amides is 3. The van der Waals surface area contributed by atoms with Gasteiger partial charge in [0.15, 0.2) is 0 Å². The molecule has 1 atom stereocenters. The minimum Gasteiger partial charge on any atom is -0.309 e. The van der Waals surface area contributed by atoms with Crippen molar-refractivity contribution in [1.29, 1.82) is 0 Å². The molecule has 2 aromatic rings. The number of carbonyl (C=O) groups is 2. The molecule has 0 unspecified atom stereocenters. The quantitative estimate of drug-likeness (QED) is 0.799. The Morgan fingerprint density at radius 3 is 2.78 bits per heavy atom. The van der Waals surface area contributed by atoms with Crippen LogP contribution in [0.15, 0.2) is 36.7 Å². The third-order valence-electron chi connectivity index (χ3n) is 4.65. The lowest BCUT2D eigenvalue weighted by Crippen LogP contribution is -2.41. The summed E-state index contributed by atoms with van der Waals surface area (Å²) in [4.78, 5) is 28.0. The molecule has 6 nitrogen and oxygen atoms in total. The van der Waals surface area contributed by atoms with Gasteiger partial charge in [-0.05, 0) is 31.9 Å². The topological polar surface area (TPSA) is 58.4 Å². The summed E-state index contributed by atoms with van der Waals surface area (Å²) < 4.78 is 15.2. The van der Waals surface area contributed by atoms with Crippen LogP contribution in [-0.2, 0) is 4.79 Å². The van der Waals surface area contributed by atoms with Crippen molar-refractivity contribution in [3.05, 3.63) is 42.5 Å². The number of hydrogen-bond acceptors (Lipinski definition) is 3. The van der Waals surface area contributed by atoms with Crippen molar-refractivity contribution >= 4 is 17.6 Å². The first-order chi connectivity index (χ1) is 11.0. The molecule has 0 bridgehead atoms. The van der Waals surface area contributed by atoms with Crippen LogP contribution in [0.3, 0.4) is 0 Å². The number of aromatic nitrogens is 2. The number of anilines is 1. The molecule has 1 aromatic carbocycles. The summed E-state index contributed by atoms with van der Waals surface area (Å²) in [5, 5.41) is 4.09. The minimum atomic E-state index is -0.767. The Balaban J connectivity index is 1.72. The second kappa shape index (κ2) is 4.65. The van der Waals surface area contributed by atoms with Gasteiger partial charge < -0.3 is 4.90 Å². The molecule has 118 valence electrons. The van der Waals surface area contributed by atoms with Crippen molar-refractivity contribution in [1.82, 2.24) is 14.7 Å². The highest BCUT2D eigenvalue weighted by Gasteiger charge is 2.57. The number of fused-ring (bicyclic) bond motifs is 1. The summed E-state index contributed by atoms with van der Waals surface area (Å²) >= 11 is 0. The van der Waals surface area contributed by atoms with Crippen LogP contribution in [-0.4, -0.2) is 38.7 Å². The lowest BCUT2D eigenvalue weighted by atomic mass is 9.99. The van der Waals surface area contributed by atoms with Crippen molar-refractivity contribution in [3.63, 3.8) is 0 Å². The number of nitrogens with zero attached hydrogens (tertiary/aromatic N) is 4. The third-order valence-corrected chi connectivity index (χ3v) is 4.65. The molecule has 2 aliphatic heterocycles. The number of halogens is 1. The second-order valence-electron chi connectivity index (χ2n) is 6.05. The van der Waals surface area contributed by atoms with Crippen LogP contribution in [0, 0.1) is 5.82 Å². The van der Waals surface area contributed by atoms with Crippen LogP contribution >= 0.6 is 0 Å². The van der Waals surface area contributed by atoms with Gasteiger partial charge in [0.2, 0.25) is 0 Å². The van der Waals surface area contributed by atoms with Gasteiger partial charge in [-0.1, -0.05) is 12.1 Å². The average molecular weight is 314 g/mol. The van der Waals surface area contributed by atoms with Gasteiger partial charge in [0, 0.05) is 6.54 Å². The molecule has 2 saturated heterocycles. The first-order valence-corrected chi connectivity index (χ1v) is 7.48. The van der Waals surface area contributed by atoms with Crippen molar-refractivity contribution in [2.75, 3.05) is 11.4 Å². The van der Waals surface area contributed by atoms with E-state index >= 15 is 0 Å². The second-order valence-corrected chi connectivity index (χ2v) is 6.05. The van der Waals surface area contributed by atoms with Crippen LogP contribution < -0.4 is 4.90 Å². The molecule has 0 radical (unpaired) electrons. The van der Waals surface area contributed by atoms with E-state index in [2.05, 4.69) is 5.10 Å². The summed E-state index contributed by atoms with van der Waals surface area (Å²) in [6.45, 7) is 2.38. The minimum absolute atomic E-state index is 0.243. The Kier molecular flexibility index (Phi) is 2.81. The van der Waals surface area contributed by atoms with E-state index in [1.807, 2.05) is 0 Å². The van der Waals surface area contributed by atoms with Gasteiger partial charge in [0.05, 0.1) is 18.1 Å². The van der Waals surface area contributed by atoms with Gasteiger partial charge >= 0.3 is 6.03 Å². The van der Waals surface area contributed by atoms with E-state index in [1.54, 1.807) is 30.0 Å². The summed E-state index contributed by atoms with van der Waals surface area (Å²) in [5.74, 6) is -0.665. The van der Waals surface area contributed by atoms with Gasteiger partial charge in [-0.3, -0.25) is 4.79 Å². The first kappa shape index (κ1) is 13.9. The monoisotopic (exact) mass is 314 g/mol. The van der Waals surface area contributed by atoms with Gasteiger partial charge in [0.1, 0.15) is 17.0 Å². The van der Waals surface area contributed by atoms with Gasteiger partial charge in [-0.15, -0.1) is 0 Å². The predicted octanol–water partition coefficient (Wildman–Crippen LogP) is 2.33. The molecular formula is C16H15FN4O2. The maximum absolute atomic E-state index is 13.8. The Morgan fingerprint density at radius 2 is 2.04 bits per heavy atom. The Labute approximate surface area is 132 Å². The Hall–Kier alpha value is -2.70. The maximum Gasteiger partial charge on any atom is 0.332 e. The lowest BCUT2D eigenvalue weighted by molar-refractivity contribution is -0.123. The van der Waals surface area contributed by atoms with Crippen LogP contribution in [0.25, 0.3) is 5.69 Å². The van der Waals surface area contributed by atoms with E-state index in [9.17, 15) is 14.0 Å². The molecule has 3 amide bonds. The molecule has 0 aliphatic carbocycles. The molecule has 4 rings (SSSR count). The van der Waals surface area contributed by atoms with Crippen LogP contribution in [0.5, 0.6) is 0 Å². The van der Waals surface area contributed by atoms with E-state index in [-0.39, 0.29) is 17.6 Å². The Morgan fingerprint density at radius 1 is 1.26 bits per heavy atom. The molecule has 0 N–H and O–H groups in total. The van der Waals surface area contributed by atoms with E-state index < -0.39 is 11.4 Å². The zero-order valence-electron chi connectivity index (χ0n) is 12.6. The highest BCUT2D eigenvalue weighted by atomic mass is 19.1. The van der Waals surface area contributed by atoms with Crippen LogP contribution in [0.1, 0.15) is 19.8 Å². The van der Waals surface area contributed by atoms with Gasteiger partial charge in [-0.25, -0.2) is 18.8 Å². The molecule has 2 fully saturated rings. The number of para-hydroxylation sites is 1. The van der Waals surface area contributed by atoms with Crippen molar-refractivity contribution in [2.45, 2.75) is 25.3 Å². The largest absolute Gasteiger partial charge is 0.332 e. The smallest absolute Gasteiger partial charge is 0.309 e. The molecule has 0 saturated carbocycles. The van der Waals surface area contributed by atoms with Crippen molar-refractivity contribution in [2.24, 2.45) is 0 Å². The third kappa shape index (κ3) is 1.82. The van der Waals surface area contributed by atoms with Crippen molar-refractivity contribution < 1.29 is 14.0 Å². The summed E-state index contributed by atoms with van der Waals surface area (Å²) in [6.07, 6.45) is 4.40. The molecular weight excluding hydrogens is 299 g/mol. The molecule has 3 heterocycles. The van der Waals surface area contributed by atoms with E-state index in [4.69, 9.17) is 0 Å². The Bertz CT molecular complexity index is 818. The van der Waals surface area contributed by atoms with Crippen molar-refractivity contribution in [3.8, 4) is 5.69 Å². The number of urea groups is 1. The first-order valence-electron chi connectivity index (χ1n) is 7.48. The van der Waals surface area contributed by atoms with Crippen LogP contribution in [0.2, 0.25) is 0 Å². The fourth-order valence-electron chi connectivity index (χ4n) is 3.37. The summed E-state index contributed by atoms with van der Waals surface area (Å²) in [5.41, 5.74) is -0.139. The van der Waals surface area contributed by atoms with E-state index in [1.165, 1.54) is 23.1 Å². The number of carbonyl (C=O) groups excluding carboxylic acids is 2. The lowest BCUT2D eigenvalue weighted by Gasteiger charge is -2.22. The number of imide groups is 1. The van der Waals surface area contributed by atoms with Crippen LogP contribution in [0.4, 0.5) is 14.9 Å². The SMILES string of the molecule is C[C@@]12CCCN1C(=O)N(c1cnn(-c3ccccc3F)c1)C2=O. The molecule has 0 spiro atoms. The molecule has 1 aromatic heterocycles. The maximum atomic E-state index is 13.8. The fraction of sp³-hybridized carbons (Fsp3) is 0.312. The number of benzene rings is 1. The zero-order valence-corrected chi connectivity index (χ0v) is 12.6. The van der Waals surface area contributed by atoms with E-state index in [0.717, 1.165) is 11.3 Å². The molecule has 23 heavy (non-hydrogen) atoms. The zero-order chi connectivity index (χ0) is 16.2. The highest BCUT2D eigenvalue weighted by molar-refractivity contribution is 6.23. The summed E-state index contributed by atoms with van der Waals surface area (Å²) in [6, 6.07) is 5.87. The molecule has 2 aliphatic rings.